The van der Waals surface area contributed by atoms with E-state index in [0.717, 1.165) is 5.56 Å². The summed E-state index contributed by atoms with van der Waals surface area (Å²) in [6.45, 7) is 2.68. The van der Waals surface area contributed by atoms with E-state index in [9.17, 15) is 13.2 Å². The second-order valence-corrected chi connectivity index (χ2v) is 5.02. The van der Waals surface area contributed by atoms with Crippen LogP contribution >= 0.6 is 35.6 Å². The first kappa shape index (κ1) is 21.3. The lowest BCUT2D eigenvalue weighted by Crippen LogP contribution is -2.38. The number of guanidine groups is 1. The Kier molecular flexibility index (Phi) is 9.82. The quantitative estimate of drug-likeness (QED) is 0.412. The van der Waals surface area contributed by atoms with Crippen LogP contribution < -0.4 is 5.32 Å². The highest BCUT2D eigenvalue weighted by Crippen LogP contribution is 2.19. The molecule has 1 aromatic carbocycles. The number of nitrogens with zero attached hydrogens (tertiary/aromatic N) is 2. The van der Waals surface area contributed by atoms with Gasteiger partial charge in [-0.05, 0) is 24.6 Å². The number of hydrogen-bond acceptors (Lipinski definition) is 1. The maximum Gasteiger partial charge on any atom is 0.390 e. The monoisotopic (exact) mass is 449 g/mol. The second-order valence-electron chi connectivity index (χ2n) is 4.59. The Morgan fingerprint density at radius 2 is 2.05 bits per heavy atom. The Morgan fingerprint density at radius 3 is 2.59 bits per heavy atom. The average molecular weight is 450 g/mol. The minimum atomic E-state index is -4.19. The van der Waals surface area contributed by atoms with Gasteiger partial charge < -0.3 is 10.2 Å². The molecule has 0 heterocycles. The van der Waals surface area contributed by atoms with Gasteiger partial charge >= 0.3 is 6.18 Å². The molecule has 0 bridgehead atoms. The van der Waals surface area contributed by atoms with E-state index in [2.05, 4.69) is 10.3 Å². The summed E-state index contributed by atoms with van der Waals surface area (Å²) in [5, 5.41) is 3.60. The molecule has 0 radical (unpaired) electrons. The van der Waals surface area contributed by atoms with Gasteiger partial charge in [-0.15, -0.1) is 24.0 Å². The molecule has 0 saturated heterocycles. The second kappa shape index (κ2) is 10.1. The maximum absolute atomic E-state index is 12.2. The average Bonchev–Trinajstić information content (AvgIpc) is 2.36. The summed E-state index contributed by atoms with van der Waals surface area (Å²) in [6.07, 6.45) is -5.11. The van der Waals surface area contributed by atoms with Gasteiger partial charge in [0, 0.05) is 25.2 Å². The standard InChI is InChI=1S/C14H19ClF3N3.HI/c1-3-19-13(20-8-7-14(16,17)18)21(2)10-11-5-4-6-12(15)9-11;/h4-6,9H,3,7-8,10H2,1-2H3,(H,19,20);1H. The number of rotatable bonds is 5. The molecular formula is C14H20ClF3IN3. The number of hydrogen-bond donors (Lipinski definition) is 1. The Hall–Kier alpha value is -0.700. The molecule has 0 spiro atoms. The Bertz CT molecular complexity index is 481. The molecule has 3 nitrogen and oxygen atoms in total. The molecule has 1 N–H and O–H groups in total. The lowest BCUT2D eigenvalue weighted by atomic mass is 10.2. The molecule has 0 aliphatic heterocycles. The summed E-state index contributed by atoms with van der Waals surface area (Å²) in [6, 6.07) is 7.33. The Labute approximate surface area is 150 Å². The summed E-state index contributed by atoms with van der Waals surface area (Å²) in [7, 11) is 1.77. The molecule has 8 heteroatoms. The zero-order chi connectivity index (χ0) is 15.9. The van der Waals surface area contributed by atoms with E-state index in [0.29, 0.717) is 24.1 Å². The zero-order valence-electron chi connectivity index (χ0n) is 12.5. The van der Waals surface area contributed by atoms with E-state index >= 15 is 0 Å². The molecule has 1 aromatic rings. The molecule has 0 amide bonds. The minimum absolute atomic E-state index is 0. The fraction of sp³-hybridized carbons (Fsp3) is 0.500. The third-order valence-electron chi connectivity index (χ3n) is 2.66. The van der Waals surface area contributed by atoms with Gasteiger partial charge in [-0.25, -0.2) is 0 Å². The smallest absolute Gasteiger partial charge is 0.357 e. The van der Waals surface area contributed by atoms with E-state index < -0.39 is 12.6 Å². The van der Waals surface area contributed by atoms with Gasteiger partial charge in [0.1, 0.15) is 0 Å². The van der Waals surface area contributed by atoms with Crippen molar-refractivity contribution in [3.63, 3.8) is 0 Å². The van der Waals surface area contributed by atoms with Crippen LogP contribution in [0.5, 0.6) is 0 Å². The van der Waals surface area contributed by atoms with Crippen molar-refractivity contribution in [2.75, 3.05) is 20.1 Å². The van der Waals surface area contributed by atoms with E-state index in [1.165, 1.54) is 0 Å². The van der Waals surface area contributed by atoms with Gasteiger partial charge in [-0.2, -0.15) is 13.2 Å². The molecule has 0 unspecified atom stereocenters. The summed E-state index contributed by atoms with van der Waals surface area (Å²) in [4.78, 5) is 5.77. The number of alkyl halides is 3. The van der Waals surface area contributed by atoms with Crippen LogP contribution in [0.25, 0.3) is 0 Å². The fourth-order valence-corrected chi connectivity index (χ4v) is 1.96. The van der Waals surface area contributed by atoms with E-state index in [1.807, 2.05) is 25.1 Å². The summed E-state index contributed by atoms with van der Waals surface area (Å²) in [5.41, 5.74) is 0.964. The highest BCUT2D eigenvalue weighted by atomic mass is 127. The van der Waals surface area contributed by atoms with Crippen LogP contribution in [0, 0.1) is 0 Å². The van der Waals surface area contributed by atoms with E-state index in [1.54, 1.807) is 18.0 Å². The van der Waals surface area contributed by atoms with Gasteiger partial charge in [-0.3, -0.25) is 4.99 Å². The predicted molar refractivity (Wildman–Crippen MR) is 95.0 cm³/mol. The van der Waals surface area contributed by atoms with Crippen molar-refractivity contribution >= 4 is 41.5 Å². The highest BCUT2D eigenvalue weighted by Gasteiger charge is 2.26. The van der Waals surface area contributed by atoms with Crippen molar-refractivity contribution in [2.45, 2.75) is 26.1 Å². The number of nitrogens with one attached hydrogen (secondary N) is 1. The van der Waals surface area contributed by atoms with Crippen LogP contribution in [0.1, 0.15) is 18.9 Å². The summed E-state index contributed by atoms with van der Waals surface area (Å²) in [5.74, 6) is 0.446. The van der Waals surface area contributed by atoms with E-state index in [4.69, 9.17) is 11.6 Å². The summed E-state index contributed by atoms with van der Waals surface area (Å²) >= 11 is 5.91. The van der Waals surface area contributed by atoms with Gasteiger partial charge in [-0.1, -0.05) is 23.7 Å². The molecule has 0 atom stereocenters. The van der Waals surface area contributed by atoms with Crippen LogP contribution in [0.3, 0.4) is 0 Å². The van der Waals surface area contributed by atoms with Crippen LogP contribution in [0.15, 0.2) is 29.3 Å². The van der Waals surface area contributed by atoms with Gasteiger partial charge in [0.05, 0.1) is 13.0 Å². The van der Waals surface area contributed by atoms with Crippen LogP contribution in [-0.4, -0.2) is 37.2 Å². The molecule has 0 fully saturated rings. The largest absolute Gasteiger partial charge is 0.390 e. The SMILES string of the molecule is CCNC(=NCCC(F)(F)F)N(C)Cc1cccc(Cl)c1.I. The molecule has 0 aliphatic rings. The number of halogens is 5. The van der Waals surface area contributed by atoms with E-state index in [-0.39, 0.29) is 30.5 Å². The molecule has 0 saturated carbocycles. The molecule has 126 valence electrons. The van der Waals surface area contributed by atoms with Gasteiger partial charge in [0.25, 0.3) is 0 Å². The first-order valence-corrected chi connectivity index (χ1v) is 7.00. The predicted octanol–water partition coefficient (Wildman–Crippen LogP) is 4.31. The van der Waals surface area contributed by atoms with Crippen molar-refractivity contribution in [1.29, 1.82) is 0 Å². The van der Waals surface area contributed by atoms with Crippen LogP contribution in [-0.2, 0) is 6.54 Å². The topological polar surface area (TPSA) is 27.6 Å². The van der Waals surface area contributed by atoms with Crippen LogP contribution in [0.2, 0.25) is 5.02 Å². The number of benzene rings is 1. The lowest BCUT2D eigenvalue weighted by Gasteiger charge is -2.22. The molecule has 22 heavy (non-hydrogen) atoms. The van der Waals surface area contributed by atoms with Crippen molar-refractivity contribution in [2.24, 2.45) is 4.99 Å². The van der Waals surface area contributed by atoms with Crippen LogP contribution in [0.4, 0.5) is 13.2 Å². The fourth-order valence-electron chi connectivity index (χ4n) is 1.74. The first-order chi connectivity index (χ1) is 9.81. The van der Waals surface area contributed by atoms with Crippen molar-refractivity contribution in [3.8, 4) is 0 Å². The molecule has 0 aliphatic carbocycles. The third kappa shape index (κ3) is 8.67. The molecule has 1 rings (SSSR count). The van der Waals surface area contributed by atoms with Crippen molar-refractivity contribution in [3.05, 3.63) is 34.9 Å². The van der Waals surface area contributed by atoms with Gasteiger partial charge in [0.15, 0.2) is 5.96 Å². The Morgan fingerprint density at radius 1 is 1.36 bits per heavy atom. The maximum atomic E-state index is 12.2. The normalized spacial score (nSPS) is 11.8. The molecular weight excluding hydrogens is 430 g/mol. The first-order valence-electron chi connectivity index (χ1n) is 6.62. The number of aliphatic imine (C=N–C) groups is 1. The zero-order valence-corrected chi connectivity index (χ0v) is 15.5. The van der Waals surface area contributed by atoms with Crippen molar-refractivity contribution < 1.29 is 13.2 Å². The highest BCUT2D eigenvalue weighted by molar-refractivity contribution is 14.0. The lowest BCUT2D eigenvalue weighted by molar-refractivity contribution is -0.132. The van der Waals surface area contributed by atoms with Gasteiger partial charge in [0.2, 0.25) is 0 Å². The molecule has 0 aromatic heterocycles. The summed E-state index contributed by atoms with van der Waals surface area (Å²) < 4.78 is 36.5. The Balaban J connectivity index is 0.00000441. The third-order valence-corrected chi connectivity index (χ3v) is 2.90. The minimum Gasteiger partial charge on any atom is -0.357 e. The van der Waals surface area contributed by atoms with Crippen molar-refractivity contribution in [1.82, 2.24) is 10.2 Å².